The van der Waals surface area contributed by atoms with Crippen LogP contribution in [0.1, 0.15) is 21.7 Å². The molecule has 0 spiro atoms. The molecule has 0 N–H and O–H groups in total. The maximum Gasteiger partial charge on any atom is 0.272 e. The van der Waals surface area contributed by atoms with E-state index in [4.69, 9.17) is 9.97 Å². The molecular formula is C26H19N5O. The Balaban J connectivity index is 1.36. The molecule has 1 amide bonds. The first-order chi connectivity index (χ1) is 15.8. The molecule has 0 unspecified atom stereocenters. The van der Waals surface area contributed by atoms with Crippen LogP contribution < -0.4 is 0 Å². The van der Waals surface area contributed by atoms with E-state index in [0.717, 1.165) is 50.6 Å². The van der Waals surface area contributed by atoms with E-state index in [1.165, 1.54) is 0 Å². The fraction of sp³-hybridized carbons (Fsp3) is 0.115. The molecule has 5 aromatic rings. The van der Waals surface area contributed by atoms with Gasteiger partial charge in [0.15, 0.2) is 0 Å². The first kappa shape index (κ1) is 18.6. The van der Waals surface area contributed by atoms with Gasteiger partial charge in [-0.25, -0.2) is 4.98 Å². The molecule has 1 aliphatic heterocycles. The lowest BCUT2D eigenvalue weighted by Crippen LogP contribution is -2.36. The second kappa shape index (κ2) is 7.50. The van der Waals surface area contributed by atoms with E-state index in [1.807, 2.05) is 53.6 Å². The van der Waals surface area contributed by atoms with Crippen molar-refractivity contribution < 1.29 is 4.79 Å². The summed E-state index contributed by atoms with van der Waals surface area (Å²) in [4.78, 5) is 33.3. The van der Waals surface area contributed by atoms with Crippen molar-refractivity contribution in [2.24, 2.45) is 0 Å². The van der Waals surface area contributed by atoms with Crippen LogP contribution in [0, 0.1) is 0 Å². The molecule has 6 heteroatoms. The van der Waals surface area contributed by atoms with E-state index in [1.54, 1.807) is 24.7 Å². The summed E-state index contributed by atoms with van der Waals surface area (Å²) < 4.78 is 0. The largest absolute Gasteiger partial charge is 0.333 e. The van der Waals surface area contributed by atoms with Gasteiger partial charge in [0.05, 0.1) is 11.0 Å². The number of benzene rings is 1. The average Bonchev–Trinajstić information content (AvgIpc) is 2.86. The van der Waals surface area contributed by atoms with Crippen molar-refractivity contribution in [3.63, 3.8) is 0 Å². The predicted molar refractivity (Wildman–Crippen MR) is 123 cm³/mol. The van der Waals surface area contributed by atoms with E-state index >= 15 is 0 Å². The summed E-state index contributed by atoms with van der Waals surface area (Å²) in [5.41, 5.74) is 6.24. The van der Waals surface area contributed by atoms with Gasteiger partial charge in [-0.05, 0) is 35.4 Å². The first-order valence-corrected chi connectivity index (χ1v) is 10.6. The lowest BCUT2D eigenvalue weighted by atomic mass is 10.0. The summed E-state index contributed by atoms with van der Waals surface area (Å²) in [7, 11) is 0. The molecule has 32 heavy (non-hydrogen) atoms. The average molecular weight is 417 g/mol. The molecular weight excluding hydrogens is 398 g/mol. The van der Waals surface area contributed by atoms with Gasteiger partial charge >= 0.3 is 0 Å². The van der Waals surface area contributed by atoms with Crippen LogP contribution in [0.4, 0.5) is 0 Å². The van der Waals surface area contributed by atoms with E-state index in [2.05, 4.69) is 16.0 Å². The molecule has 6 nitrogen and oxygen atoms in total. The third kappa shape index (κ3) is 3.17. The minimum absolute atomic E-state index is 0.0698. The van der Waals surface area contributed by atoms with Crippen LogP contribution in [0.3, 0.4) is 0 Å². The Morgan fingerprint density at radius 3 is 2.66 bits per heavy atom. The number of hydrogen-bond acceptors (Lipinski definition) is 5. The minimum atomic E-state index is -0.0698. The summed E-state index contributed by atoms with van der Waals surface area (Å²) in [5.74, 6) is -0.0698. The van der Waals surface area contributed by atoms with Crippen LogP contribution in [0.25, 0.3) is 32.9 Å². The second-order valence-corrected chi connectivity index (χ2v) is 7.96. The van der Waals surface area contributed by atoms with Crippen LogP contribution in [0.2, 0.25) is 0 Å². The van der Waals surface area contributed by atoms with Gasteiger partial charge in [-0.3, -0.25) is 19.7 Å². The molecule has 0 atom stereocenters. The molecule has 0 saturated carbocycles. The van der Waals surface area contributed by atoms with Crippen LogP contribution in [-0.2, 0) is 13.0 Å². The number of pyridine rings is 4. The Hall–Kier alpha value is -4.19. The van der Waals surface area contributed by atoms with Gasteiger partial charge < -0.3 is 4.90 Å². The van der Waals surface area contributed by atoms with Crippen molar-refractivity contribution in [1.29, 1.82) is 0 Å². The maximum absolute atomic E-state index is 13.4. The number of aromatic nitrogens is 4. The summed E-state index contributed by atoms with van der Waals surface area (Å²) >= 11 is 0. The van der Waals surface area contributed by atoms with Crippen molar-refractivity contribution in [1.82, 2.24) is 24.8 Å². The highest BCUT2D eigenvalue weighted by Gasteiger charge is 2.24. The smallest absolute Gasteiger partial charge is 0.272 e. The highest BCUT2D eigenvalue weighted by molar-refractivity contribution is 5.98. The van der Waals surface area contributed by atoms with Crippen LogP contribution in [0.15, 0.2) is 79.4 Å². The van der Waals surface area contributed by atoms with Crippen LogP contribution >= 0.6 is 0 Å². The SMILES string of the molecule is O=C(c1ccc2cncc(-c3ccccc3)c2n1)N1CCc2nc3ccncc3cc2C1. The van der Waals surface area contributed by atoms with E-state index in [-0.39, 0.29) is 5.91 Å². The molecule has 0 radical (unpaired) electrons. The molecule has 0 bridgehead atoms. The molecule has 5 heterocycles. The van der Waals surface area contributed by atoms with Gasteiger partial charge in [0.2, 0.25) is 0 Å². The van der Waals surface area contributed by atoms with E-state index in [0.29, 0.717) is 18.8 Å². The van der Waals surface area contributed by atoms with Crippen molar-refractivity contribution in [3.8, 4) is 11.1 Å². The number of rotatable bonds is 2. The standard InChI is InChI=1S/C26H19N5O/c32-26(31-11-9-23-20(16-31)12-19-14-27-10-8-22(19)29-23)24-7-6-18-13-28-15-21(25(18)30-24)17-4-2-1-3-5-17/h1-8,10,12-15H,9,11,16H2. The van der Waals surface area contributed by atoms with Crippen LogP contribution in [-0.4, -0.2) is 37.3 Å². The van der Waals surface area contributed by atoms with Gasteiger partial charge in [-0.1, -0.05) is 30.3 Å². The van der Waals surface area contributed by atoms with E-state index in [9.17, 15) is 4.79 Å². The molecule has 4 aromatic heterocycles. The fourth-order valence-electron chi connectivity index (χ4n) is 4.31. The van der Waals surface area contributed by atoms with Crippen molar-refractivity contribution >= 4 is 27.7 Å². The summed E-state index contributed by atoms with van der Waals surface area (Å²) in [6.07, 6.45) is 7.89. The highest BCUT2D eigenvalue weighted by Crippen LogP contribution is 2.27. The van der Waals surface area contributed by atoms with Crippen molar-refractivity contribution in [2.45, 2.75) is 13.0 Å². The number of carbonyl (C=O) groups is 1. The van der Waals surface area contributed by atoms with Crippen molar-refractivity contribution in [2.75, 3.05) is 6.54 Å². The Bertz CT molecular complexity index is 1480. The Kier molecular flexibility index (Phi) is 4.35. The molecule has 0 aliphatic carbocycles. The van der Waals surface area contributed by atoms with Crippen LogP contribution in [0.5, 0.6) is 0 Å². The predicted octanol–water partition coefficient (Wildman–Crippen LogP) is 4.44. The third-order valence-corrected chi connectivity index (χ3v) is 5.95. The first-order valence-electron chi connectivity index (χ1n) is 10.6. The zero-order valence-electron chi connectivity index (χ0n) is 17.3. The van der Waals surface area contributed by atoms with Gasteiger partial charge in [0.25, 0.3) is 5.91 Å². The second-order valence-electron chi connectivity index (χ2n) is 7.96. The minimum Gasteiger partial charge on any atom is -0.333 e. The molecule has 0 saturated heterocycles. The molecule has 6 rings (SSSR count). The Morgan fingerprint density at radius 2 is 1.75 bits per heavy atom. The topological polar surface area (TPSA) is 71.9 Å². The van der Waals surface area contributed by atoms with Gasteiger partial charge in [0.1, 0.15) is 5.69 Å². The summed E-state index contributed by atoms with van der Waals surface area (Å²) in [6.45, 7) is 1.14. The lowest BCUT2D eigenvalue weighted by Gasteiger charge is -2.28. The molecule has 0 fully saturated rings. The summed E-state index contributed by atoms with van der Waals surface area (Å²) in [6, 6.07) is 17.7. The number of amides is 1. The van der Waals surface area contributed by atoms with Gasteiger partial charge in [-0.2, -0.15) is 0 Å². The molecule has 1 aliphatic rings. The number of carbonyl (C=O) groups excluding carboxylic acids is 1. The van der Waals surface area contributed by atoms with Gasteiger partial charge in [0, 0.05) is 66.3 Å². The Morgan fingerprint density at radius 1 is 0.875 bits per heavy atom. The van der Waals surface area contributed by atoms with E-state index < -0.39 is 0 Å². The quantitative estimate of drug-likeness (QED) is 0.425. The van der Waals surface area contributed by atoms with Gasteiger partial charge in [-0.15, -0.1) is 0 Å². The highest BCUT2D eigenvalue weighted by atomic mass is 16.2. The Labute approximate surface area is 184 Å². The number of hydrogen-bond donors (Lipinski definition) is 0. The number of nitrogens with zero attached hydrogens (tertiary/aromatic N) is 5. The zero-order valence-corrected chi connectivity index (χ0v) is 17.3. The summed E-state index contributed by atoms with van der Waals surface area (Å²) in [5, 5.41) is 1.90. The van der Waals surface area contributed by atoms with Crippen molar-refractivity contribution in [3.05, 3.63) is 96.3 Å². The maximum atomic E-state index is 13.4. The lowest BCUT2D eigenvalue weighted by molar-refractivity contribution is 0.0728. The fourth-order valence-corrected chi connectivity index (χ4v) is 4.31. The normalized spacial score (nSPS) is 13.3. The molecule has 154 valence electrons. The monoisotopic (exact) mass is 417 g/mol. The number of fused-ring (bicyclic) bond motifs is 3. The third-order valence-electron chi connectivity index (χ3n) is 5.95. The molecule has 1 aromatic carbocycles. The zero-order chi connectivity index (χ0) is 21.5.